The fourth-order valence-corrected chi connectivity index (χ4v) is 3.40. The number of piperazine rings is 1. The van der Waals surface area contributed by atoms with E-state index in [0.717, 1.165) is 44.4 Å². The summed E-state index contributed by atoms with van der Waals surface area (Å²) in [6.45, 7) is 6.27. The Morgan fingerprint density at radius 3 is 2.56 bits per heavy atom. The van der Waals surface area contributed by atoms with E-state index in [1.54, 1.807) is 0 Å². The van der Waals surface area contributed by atoms with E-state index in [1.807, 2.05) is 0 Å². The number of halogens is 1. The van der Waals surface area contributed by atoms with Crippen molar-refractivity contribution in [2.45, 2.75) is 6.04 Å². The standard InChI is InChI=1S/C11H14ClN5S/c12-10-9(5-13)18-11(15-10)17-3-1-16(2-4-17)8-6-14-7-8/h8,14H,1-4,6-7H2. The molecule has 0 unspecified atom stereocenters. The number of nitrogens with zero attached hydrogens (tertiary/aromatic N) is 4. The van der Waals surface area contributed by atoms with Crippen molar-refractivity contribution in [3.8, 4) is 6.07 Å². The quantitative estimate of drug-likeness (QED) is 0.869. The molecule has 18 heavy (non-hydrogen) atoms. The molecule has 2 saturated heterocycles. The van der Waals surface area contributed by atoms with Crippen LogP contribution in [0.2, 0.25) is 5.15 Å². The Labute approximate surface area is 115 Å². The van der Waals surface area contributed by atoms with Crippen molar-refractivity contribution in [3.63, 3.8) is 0 Å². The van der Waals surface area contributed by atoms with Crippen molar-refractivity contribution in [2.75, 3.05) is 44.2 Å². The average molecular weight is 284 g/mol. The van der Waals surface area contributed by atoms with Gasteiger partial charge in [-0.1, -0.05) is 22.9 Å². The smallest absolute Gasteiger partial charge is 0.188 e. The molecule has 2 aliphatic heterocycles. The lowest BCUT2D eigenvalue weighted by molar-refractivity contribution is 0.138. The van der Waals surface area contributed by atoms with Crippen LogP contribution in [0, 0.1) is 11.3 Å². The van der Waals surface area contributed by atoms with Gasteiger partial charge >= 0.3 is 0 Å². The summed E-state index contributed by atoms with van der Waals surface area (Å²) in [6, 6.07) is 2.79. The van der Waals surface area contributed by atoms with Gasteiger partial charge in [-0.2, -0.15) is 5.26 Å². The van der Waals surface area contributed by atoms with Gasteiger partial charge in [0.2, 0.25) is 0 Å². The Kier molecular flexibility index (Phi) is 3.39. The number of thiazole rings is 1. The van der Waals surface area contributed by atoms with Crippen molar-refractivity contribution < 1.29 is 0 Å². The van der Waals surface area contributed by atoms with Crippen molar-refractivity contribution in [1.29, 1.82) is 5.26 Å². The summed E-state index contributed by atoms with van der Waals surface area (Å²) in [5.74, 6) is 0. The molecule has 0 radical (unpaired) electrons. The van der Waals surface area contributed by atoms with Crippen LogP contribution in [-0.4, -0.2) is 55.2 Å². The van der Waals surface area contributed by atoms with Gasteiger partial charge in [0, 0.05) is 45.3 Å². The van der Waals surface area contributed by atoms with Gasteiger partial charge < -0.3 is 10.2 Å². The lowest BCUT2D eigenvalue weighted by Crippen LogP contribution is -2.61. The van der Waals surface area contributed by atoms with Crippen molar-refractivity contribution in [3.05, 3.63) is 10.0 Å². The normalized spacial score (nSPS) is 21.7. The Morgan fingerprint density at radius 2 is 2.06 bits per heavy atom. The third kappa shape index (κ3) is 2.19. The second kappa shape index (κ2) is 5.02. The first-order valence-corrected chi connectivity index (χ1v) is 7.23. The molecule has 2 aliphatic rings. The number of rotatable bonds is 2. The molecule has 7 heteroatoms. The molecule has 0 aliphatic carbocycles. The van der Waals surface area contributed by atoms with E-state index >= 15 is 0 Å². The maximum atomic E-state index is 8.89. The molecule has 3 heterocycles. The van der Waals surface area contributed by atoms with Crippen LogP contribution in [0.4, 0.5) is 5.13 Å². The molecule has 0 amide bonds. The maximum Gasteiger partial charge on any atom is 0.188 e. The minimum Gasteiger partial charge on any atom is -0.345 e. The summed E-state index contributed by atoms with van der Waals surface area (Å²) in [7, 11) is 0. The molecule has 2 fully saturated rings. The van der Waals surface area contributed by atoms with E-state index in [0.29, 0.717) is 16.1 Å². The molecule has 96 valence electrons. The second-order valence-electron chi connectivity index (χ2n) is 4.56. The monoisotopic (exact) mass is 283 g/mol. The SMILES string of the molecule is N#Cc1sc(N2CCN(C3CNC3)CC2)nc1Cl. The van der Waals surface area contributed by atoms with Gasteiger partial charge in [0.15, 0.2) is 10.3 Å². The Hall–Kier alpha value is -0.870. The summed E-state index contributed by atoms with van der Waals surface area (Å²) >= 11 is 7.29. The molecule has 0 aromatic carbocycles. The van der Waals surface area contributed by atoms with Gasteiger partial charge in [-0.15, -0.1) is 0 Å². The van der Waals surface area contributed by atoms with Gasteiger partial charge in [0.05, 0.1) is 0 Å². The maximum absolute atomic E-state index is 8.89. The molecule has 0 atom stereocenters. The van der Waals surface area contributed by atoms with Crippen LogP contribution >= 0.6 is 22.9 Å². The zero-order chi connectivity index (χ0) is 12.5. The first kappa shape index (κ1) is 12.2. The van der Waals surface area contributed by atoms with Crippen LogP contribution in [0.1, 0.15) is 4.88 Å². The number of hydrogen-bond donors (Lipinski definition) is 1. The minimum atomic E-state index is 0.336. The lowest BCUT2D eigenvalue weighted by atomic mass is 10.1. The van der Waals surface area contributed by atoms with E-state index < -0.39 is 0 Å². The number of hydrogen-bond acceptors (Lipinski definition) is 6. The Balaban J connectivity index is 1.63. The van der Waals surface area contributed by atoms with Crippen LogP contribution in [0.5, 0.6) is 0 Å². The fourth-order valence-electron chi connectivity index (χ4n) is 2.31. The van der Waals surface area contributed by atoms with Crippen LogP contribution in [0.15, 0.2) is 0 Å². The van der Waals surface area contributed by atoms with Crippen LogP contribution in [-0.2, 0) is 0 Å². The first-order chi connectivity index (χ1) is 8.78. The number of aromatic nitrogens is 1. The fraction of sp³-hybridized carbons (Fsp3) is 0.636. The lowest BCUT2D eigenvalue weighted by Gasteiger charge is -2.43. The molecule has 3 rings (SSSR count). The largest absolute Gasteiger partial charge is 0.345 e. The molecule has 1 aromatic heterocycles. The highest BCUT2D eigenvalue weighted by molar-refractivity contribution is 7.16. The predicted octanol–water partition coefficient (Wildman–Crippen LogP) is 0.762. The molecular formula is C11H14ClN5S. The number of anilines is 1. The van der Waals surface area contributed by atoms with E-state index in [1.165, 1.54) is 11.3 Å². The number of nitriles is 1. The summed E-state index contributed by atoms with van der Waals surface area (Å²) in [4.78, 5) is 9.52. The Morgan fingerprint density at radius 1 is 1.33 bits per heavy atom. The Bertz CT molecular complexity index is 470. The molecule has 0 saturated carbocycles. The van der Waals surface area contributed by atoms with Crippen molar-refractivity contribution in [2.24, 2.45) is 0 Å². The van der Waals surface area contributed by atoms with Gasteiger partial charge in [-0.3, -0.25) is 4.90 Å². The van der Waals surface area contributed by atoms with Crippen LogP contribution in [0.3, 0.4) is 0 Å². The average Bonchev–Trinajstić information content (AvgIpc) is 2.69. The summed E-state index contributed by atoms with van der Waals surface area (Å²) in [6.07, 6.45) is 0. The summed E-state index contributed by atoms with van der Waals surface area (Å²) < 4.78 is 0. The highest BCUT2D eigenvalue weighted by Crippen LogP contribution is 2.29. The highest BCUT2D eigenvalue weighted by Gasteiger charge is 2.28. The molecule has 1 N–H and O–H groups in total. The van der Waals surface area contributed by atoms with Crippen LogP contribution in [0.25, 0.3) is 0 Å². The van der Waals surface area contributed by atoms with E-state index in [4.69, 9.17) is 16.9 Å². The van der Waals surface area contributed by atoms with Crippen LogP contribution < -0.4 is 10.2 Å². The van der Waals surface area contributed by atoms with Gasteiger partial charge in [0.1, 0.15) is 10.9 Å². The zero-order valence-electron chi connectivity index (χ0n) is 9.90. The van der Waals surface area contributed by atoms with Gasteiger partial charge in [-0.05, 0) is 0 Å². The molecular weight excluding hydrogens is 270 g/mol. The van der Waals surface area contributed by atoms with E-state index in [-0.39, 0.29) is 0 Å². The van der Waals surface area contributed by atoms with E-state index in [9.17, 15) is 0 Å². The highest BCUT2D eigenvalue weighted by atomic mass is 35.5. The van der Waals surface area contributed by atoms with E-state index in [2.05, 4.69) is 26.2 Å². The third-order valence-electron chi connectivity index (χ3n) is 3.54. The first-order valence-electron chi connectivity index (χ1n) is 6.04. The van der Waals surface area contributed by atoms with Crippen molar-refractivity contribution in [1.82, 2.24) is 15.2 Å². The number of nitrogens with one attached hydrogen (secondary N) is 1. The zero-order valence-corrected chi connectivity index (χ0v) is 11.5. The van der Waals surface area contributed by atoms with Gasteiger partial charge in [-0.25, -0.2) is 4.98 Å². The predicted molar refractivity (Wildman–Crippen MR) is 72.3 cm³/mol. The molecule has 0 spiro atoms. The second-order valence-corrected chi connectivity index (χ2v) is 5.90. The molecule has 1 aromatic rings. The topological polar surface area (TPSA) is 55.2 Å². The summed E-state index contributed by atoms with van der Waals surface area (Å²) in [5, 5.41) is 13.4. The third-order valence-corrected chi connectivity index (χ3v) is 4.94. The minimum absolute atomic E-state index is 0.336. The van der Waals surface area contributed by atoms with Crippen molar-refractivity contribution >= 4 is 28.1 Å². The summed E-state index contributed by atoms with van der Waals surface area (Å²) in [5.41, 5.74) is 0. The molecule has 0 bridgehead atoms. The van der Waals surface area contributed by atoms with Gasteiger partial charge in [0.25, 0.3) is 0 Å². The molecule has 5 nitrogen and oxygen atoms in total.